The zero-order valence-electron chi connectivity index (χ0n) is 11.6. The molecule has 1 saturated heterocycles. The first-order valence-corrected chi connectivity index (χ1v) is 7.25. The maximum absolute atomic E-state index is 9.48. The van der Waals surface area contributed by atoms with E-state index in [0.717, 1.165) is 6.54 Å². The van der Waals surface area contributed by atoms with Gasteiger partial charge in [-0.1, -0.05) is 31.2 Å². The highest BCUT2D eigenvalue weighted by molar-refractivity contribution is 5.34. The average molecular weight is 261 g/mol. The molecule has 1 fully saturated rings. The summed E-state index contributed by atoms with van der Waals surface area (Å²) in [6.45, 7) is 4.73. The van der Waals surface area contributed by atoms with Crippen LogP contribution in [0.4, 0.5) is 0 Å². The van der Waals surface area contributed by atoms with E-state index in [2.05, 4.69) is 36.5 Å². The highest BCUT2D eigenvalue weighted by Gasteiger charge is 2.38. The van der Waals surface area contributed by atoms with Crippen molar-refractivity contribution in [3.05, 3.63) is 35.4 Å². The Balaban J connectivity index is 1.71. The zero-order chi connectivity index (χ0) is 13.3. The second kappa shape index (κ2) is 5.23. The minimum absolute atomic E-state index is 0.0436. The quantitative estimate of drug-likeness (QED) is 0.873. The van der Waals surface area contributed by atoms with Gasteiger partial charge in [0.25, 0.3) is 0 Å². The van der Waals surface area contributed by atoms with Gasteiger partial charge in [-0.3, -0.25) is 0 Å². The zero-order valence-corrected chi connectivity index (χ0v) is 11.6. The lowest BCUT2D eigenvalue weighted by Gasteiger charge is -2.42. The second-order valence-electron chi connectivity index (χ2n) is 6.19. The third kappa shape index (κ3) is 2.42. The summed E-state index contributed by atoms with van der Waals surface area (Å²) in [5.74, 6) is 0.660. The summed E-state index contributed by atoms with van der Waals surface area (Å²) in [6, 6.07) is 9.18. The van der Waals surface area contributed by atoms with Crippen LogP contribution in [0, 0.1) is 5.41 Å². The van der Waals surface area contributed by atoms with Crippen LogP contribution in [0.1, 0.15) is 42.9 Å². The normalized spacial score (nSPS) is 28.5. The highest BCUT2D eigenvalue weighted by Crippen LogP contribution is 2.37. The number of aliphatic hydroxyl groups is 1. The van der Waals surface area contributed by atoms with E-state index in [9.17, 15) is 5.11 Å². The lowest BCUT2D eigenvalue weighted by molar-refractivity contribution is -0.135. The number of hydrogen-bond acceptors (Lipinski definition) is 3. The van der Waals surface area contributed by atoms with Crippen molar-refractivity contribution in [1.29, 1.82) is 0 Å². The fraction of sp³-hybridized carbons (Fsp3) is 0.625. The van der Waals surface area contributed by atoms with E-state index < -0.39 is 0 Å². The predicted molar refractivity (Wildman–Crippen MR) is 75.2 cm³/mol. The maximum Gasteiger partial charge on any atom is 0.0579 e. The van der Waals surface area contributed by atoms with Crippen molar-refractivity contribution in [1.82, 2.24) is 5.32 Å². The van der Waals surface area contributed by atoms with Crippen molar-refractivity contribution < 1.29 is 9.84 Å². The van der Waals surface area contributed by atoms with Gasteiger partial charge in [-0.25, -0.2) is 0 Å². The molecule has 0 radical (unpaired) electrons. The lowest BCUT2D eigenvalue weighted by Crippen LogP contribution is -2.52. The van der Waals surface area contributed by atoms with E-state index >= 15 is 0 Å². The Morgan fingerprint density at radius 3 is 2.63 bits per heavy atom. The standard InChI is InChI=1S/C16H23NO2/c1-12-6-7-15(14-5-3-2-4-13(12)14)17-8-16(9-18)10-19-11-16/h2-5,12,15,17-18H,6-11H2,1H3. The molecule has 104 valence electrons. The van der Waals surface area contributed by atoms with Gasteiger partial charge in [-0.15, -0.1) is 0 Å². The molecule has 3 heteroatoms. The Morgan fingerprint density at radius 2 is 2.00 bits per heavy atom. The number of fused-ring (bicyclic) bond motifs is 1. The largest absolute Gasteiger partial charge is 0.396 e. The Hall–Kier alpha value is -0.900. The van der Waals surface area contributed by atoms with Gasteiger partial charge in [0.1, 0.15) is 0 Å². The number of rotatable bonds is 4. The van der Waals surface area contributed by atoms with E-state index in [4.69, 9.17) is 4.74 Å². The molecule has 3 rings (SSSR count). The van der Waals surface area contributed by atoms with Crippen molar-refractivity contribution in [3.63, 3.8) is 0 Å². The Labute approximate surface area is 115 Å². The summed E-state index contributed by atoms with van der Waals surface area (Å²) in [6.07, 6.45) is 2.41. The molecule has 19 heavy (non-hydrogen) atoms. The lowest BCUT2D eigenvalue weighted by atomic mass is 9.80. The number of hydrogen-bond donors (Lipinski definition) is 2. The molecule has 0 bridgehead atoms. The van der Waals surface area contributed by atoms with E-state index in [1.165, 1.54) is 24.0 Å². The summed E-state index contributed by atoms with van der Waals surface area (Å²) in [5.41, 5.74) is 2.88. The van der Waals surface area contributed by atoms with Gasteiger partial charge in [0.2, 0.25) is 0 Å². The van der Waals surface area contributed by atoms with E-state index in [-0.39, 0.29) is 12.0 Å². The van der Waals surface area contributed by atoms with Crippen LogP contribution in [0.2, 0.25) is 0 Å². The topological polar surface area (TPSA) is 41.5 Å². The predicted octanol–water partition coefficient (Wildman–Crippen LogP) is 2.22. The average Bonchev–Trinajstić information content (AvgIpc) is 2.41. The van der Waals surface area contributed by atoms with Gasteiger partial charge in [-0.2, -0.15) is 0 Å². The number of ether oxygens (including phenoxy) is 1. The van der Waals surface area contributed by atoms with Crippen molar-refractivity contribution in [2.45, 2.75) is 31.7 Å². The molecular weight excluding hydrogens is 238 g/mol. The van der Waals surface area contributed by atoms with Crippen LogP contribution in [0.3, 0.4) is 0 Å². The van der Waals surface area contributed by atoms with Crippen LogP contribution >= 0.6 is 0 Å². The molecule has 1 aliphatic carbocycles. The molecule has 2 aliphatic rings. The van der Waals surface area contributed by atoms with Gasteiger partial charge < -0.3 is 15.2 Å². The monoisotopic (exact) mass is 261 g/mol. The second-order valence-corrected chi connectivity index (χ2v) is 6.19. The molecule has 2 unspecified atom stereocenters. The van der Waals surface area contributed by atoms with Crippen molar-refractivity contribution in [2.24, 2.45) is 5.41 Å². The molecule has 2 atom stereocenters. The molecule has 0 saturated carbocycles. The fourth-order valence-electron chi connectivity index (χ4n) is 3.20. The highest BCUT2D eigenvalue weighted by atomic mass is 16.5. The van der Waals surface area contributed by atoms with Crippen LogP contribution in [-0.4, -0.2) is 31.5 Å². The first kappa shape index (κ1) is 13.1. The first-order chi connectivity index (χ1) is 9.24. The SMILES string of the molecule is CC1CCC(NCC2(CO)COC2)c2ccccc21. The van der Waals surface area contributed by atoms with E-state index in [1.807, 2.05) is 0 Å². The third-order valence-electron chi connectivity index (χ3n) is 4.67. The molecular formula is C16H23NO2. The minimum Gasteiger partial charge on any atom is -0.396 e. The van der Waals surface area contributed by atoms with Gasteiger partial charge in [0.15, 0.2) is 0 Å². The summed E-state index contributed by atoms with van der Waals surface area (Å²) >= 11 is 0. The third-order valence-corrected chi connectivity index (χ3v) is 4.67. The minimum atomic E-state index is -0.0436. The van der Waals surface area contributed by atoms with Crippen LogP contribution < -0.4 is 5.32 Å². The Kier molecular flexibility index (Phi) is 3.61. The van der Waals surface area contributed by atoms with Gasteiger partial charge in [0.05, 0.1) is 25.2 Å². The summed E-state index contributed by atoms with van der Waals surface area (Å²) in [4.78, 5) is 0. The molecule has 3 nitrogen and oxygen atoms in total. The number of aliphatic hydroxyl groups excluding tert-OH is 1. The molecule has 1 aromatic rings. The molecule has 1 aromatic carbocycles. The van der Waals surface area contributed by atoms with Gasteiger partial charge in [-0.05, 0) is 29.9 Å². The van der Waals surface area contributed by atoms with E-state index in [0.29, 0.717) is 25.2 Å². The fourth-order valence-corrected chi connectivity index (χ4v) is 3.20. The first-order valence-electron chi connectivity index (χ1n) is 7.25. The Bertz CT molecular complexity index is 437. The smallest absolute Gasteiger partial charge is 0.0579 e. The van der Waals surface area contributed by atoms with E-state index in [1.54, 1.807) is 0 Å². The number of nitrogens with one attached hydrogen (secondary N) is 1. The molecule has 1 heterocycles. The summed E-state index contributed by atoms with van der Waals surface area (Å²) in [5, 5.41) is 13.1. The molecule has 2 N–H and O–H groups in total. The summed E-state index contributed by atoms with van der Waals surface area (Å²) < 4.78 is 5.26. The van der Waals surface area contributed by atoms with Crippen molar-refractivity contribution >= 4 is 0 Å². The molecule has 0 amide bonds. The molecule has 0 spiro atoms. The van der Waals surface area contributed by atoms with Crippen molar-refractivity contribution in [2.75, 3.05) is 26.4 Å². The van der Waals surface area contributed by atoms with Gasteiger partial charge >= 0.3 is 0 Å². The molecule has 0 aromatic heterocycles. The van der Waals surface area contributed by atoms with Gasteiger partial charge in [0, 0.05) is 12.6 Å². The van der Waals surface area contributed by atoms with Crippen LogP contribution in [0.15, 0.2) is 24.3 Å². The Morgan fingerprint density at radius 1 is 1.26 bits per heavy atom. The van der Waals surface area contributed by atoms with Crippen LogP contribution in [-0.2, 0) is 4.74 Å². The van der Waals surface area contributed by atoms with Crippen molar-refractivity contribution in [3.8, 4) is 0 Å². The molecule has 1 aliphatic heterocycles. The van der Waals surface area contributed by atoms with Crippen LogP contribution in [0.25, 0.3) is 0 Å². The van der Waals surface area contributed by atoms with Crippen LogP contribution in [0.5, 0.6) is 0 Å². The summed E-state index contributed by atoms with van der Waals surface area (Å²) in [7, 11) is 0. The maximum atomic E-state index is 9.48. The number of benzene rings is 1.